The molecule has 0 rings (SSSR count). The van der Waals surface area contributed by atoms with Crippen LogP contribution in [0.3, 0.4) is 0 Å². The molecule has 0 saturated heterocycles. The topological polar surface area (TPSA) is 237 Å². The maximum absolute atomic E-state index is 13.1. The predicted molar refractivity (Wildman–Crippen MR) is 382 cm³/mol. The molecule has 0 aliphatic rings. The molecule has 0 radical (unpaired) electrons. The van der Waals surface area contributed by atoms with Crippen molar-refractivity contribution in [3.8, 4) is 0 Å². The number of aliphatic hydroxyl groups is 1. The van der Waals surface area contributed by atoms with Crippen molar-refractivity contribution in [2.24, 2.45) is 5.92 Å². The highest BCUT2D eigenvalue weighted by molar-refractivity contribution is 7.47. The van der Waals surface area contributed by atoms with E-state index in [2.05, 4.69) is 34.6 Å². The lowest BCUT2D eigenvalue weighted by Crippen LogP contribution is -2.30. The summed E-state index contributed by atoms with van der Waals surface area (Å²) in [5, 5.41) is 10.6. The second kappa shape index (κ2) is 68.2. The molecule has 558 valence electrons. The van der Waals surface area contributed by atoms with Crippen molar-refractivity contribution in [1.29, 1.82) is 0 Å². The van der Waals surface area contributed by atoms with Crippen molar-refractivity contribution in [1.82, 2.24) is 0 Å². The van der Waals surface area contributed by atoms with Gasteiger partial charge >= 0.3 is 39.5 Å². The average Bonchev–Trinajstić information content (AvgIpc) is 1.50. The third kappa shape index (κ3) is 68.6. The fourth-order valence-electron chi connectivity index (χ4n) is 11.5. The molecule has 0 heterocycles. The molecule has 17 nitrogen and oxygen atoms in total. The molecule has 2 unspecified atom stereocenters. The molecule has 0 aromatic heterocycles. The van der Waals surface area contributed by atoms with Crippen LogP contribution in [0, 0.1) is 5.92 Å². The molecule has 0 spiro atoms. The zero-order chi connectivity index (χ0) is 69.1. The van der Waals surface area contributed by atoms with Gasteiger partial charge in [0.2, 0.25) is 0 Å². The van der Waals surface area contributed by atoms with Gasteiger partial charge in [0.1, 0.15) is 19.3 Å². The molecule has 0 fully saturated rings. The van der Waals surface area contributed by atoms with Crippen LogP contribution in [0.1, 0.15) is 394 Å². The number of carbonyl (C=O) groups excluding carboxylic acids is 4. The summed E-state index contributed by atoms with van der Waals surface area (Å²) < 4.78 is 68.3. The van der Waals surface area contributed by atoms with Gasteiger partial charge in [-0.3, -0.25) is 37.3 Å². The molecule has 0 saturated carbocycles. The van der Waals surface area contributed by atoms with E-state index in [0.717, 1.165) is 109 Å². The molecule has 0 aliphatic carbocycles. The molecule has 0 aliphatic heterocycles. The minimum atomic E-state index is -4.95. The molecule has 0 aromatic carbocycles. The van der Waals surface area contributed by atoms with Crippen LogP contribution in [0.5, 0.6) is 0 Å². The third-order valence-corrected chi connectivity index (χ3v) is 19.4. The van der Waals surface area contributed by atoms with Gasteiger partial charge in [0.15, 0.2) is 12.2 Å². The summed E-state index contributed by atoms with van der Waals surface area (Å²) in [7, 11) is -9.90. The minimum absolute atomic E-state index is 0.106. The van der Waals surface area contributed by atoms with Crippen LogP contribution in [-0.2, 0) is 65.4 Å². The first-order valence-electron chi connectivity index (χ1n) is 39.1. The van der Waals surface area contributed by atoms with Crippen molar-refractivity contribution in [3.05, 3.63) is 0 Å². The van der Waals surface area contributed by atoms with E-state index in [-0.39, 0.29) is 25.7 Å². The van der Waals surface area contributed by atoms with Gasteiger partial charge < -0.3 is 33.8 Å². The van der Waals surface area contributed by atoms with Crippen molar-refractivity contribution in [2.75, 3.05) is 39.6 Å². The number of phosphoric ester groups is 2. The van der Waals surface area contributed by atoms with Gasteiger partial charge in [-0.1, -0.05) is 343 Å². The van der Waals surface area contributed by atoms with Gasteiger partial charge in [-0.15, -0.1) is 0 Å². The maximum atomic E-state index is 13.1. The Morgan fingerprint density at radius 1 is 0.287 bits per heavy atom. The van der Waals surface area contributed by atoms with Crippen molar-refractivity contribution in [2.45, 2.75) is 412 Å². The lowest BCUT2D eigenvalue weighted by molar-refractivity contribution is -0.161. The predicted octanol–water partition coefficient (Wildman–Crippen LogP) is 22.1. The van der Waals surface area contributed by atoms with E-state index >= 15 is 0 Å². The molecule has 19 heteroatoms. The fraction of sp³-hybridized carbons (Fsp3) is 0.947. The largest absolute Gasteiger partial charge is 0.472 e. The fourth-order valence-corrected chi connectivity index (χ4v) is 13.1. The number of esters is 4. The molecule has 0 aromatic rings. The van der Waals surface area contributed by atoms with Crippen molar-refractivity contribution in [3.63, 3.8) is 0 Å². The minimum Gasteiger partial charge on any atom is -0.462 e. The Hall–Kier alpha value is -1.94. The Balaban J connectivity index is 5.16. The van der Waals surface area contributed by atoms with Crippen molar-refractivity contribution >= 4 is 39.5 Å². The SMILES string of the molecule is CCCCCCCCCCCCCCCCCCCCCCC(=O)O[C@H](COC(=O)CCCCCCCCCCCCCCCCC(C)C)COP(=O)(O)OC[C@@H](O)COP(=O)(O)OC[C@@H](COC(=O)CCCCCCCCC)OC(=O)CCCCCCCCCCCC. The summed E-state index contributed by atoms with van der Waals surface area (Å²) in [6.07, 6.45) is 57.1. The van der Waals surface area contributed by atoms with Crippen LogP contribution in [0.15, 0.2) is 0 Å². The van der Waals surface area contributed by atoms with Gasteiger partial charge in [0.25, 0.3) is 0 Å². The van der Waals surface area contributed by atoms with E-state index in [1.165, 1.54) is 205 Å². The Morgan fingerprint density at radius 3 is 0.723 bits per heavy atom. The quantitative estimate of drug-likeness (QED) is 0.0222. The van der Waals surface area contributed by atoms with Crippen LogP contribution in [0.2, 0.25) is 0 Å². The number of carbonyl (C=O) groups is 4. The van der Waals surface area contributed by atoms with E-state index < -0.39 is 97.5 Å². The maximum Gasteiger partial charge on any atom is 0.472 e. The van der Waals surface area contributed by atoms with Crippen molar-refractivity contribution < 1.29 is 80.2 Å². The summed E-state index contributed by atoms with van der Waals surface area (Å²) >= 11 is 0. The Kier molecular flexibility index (Phi) is 66.8. The van der Waals surface area contributed by atoms with Crippen LogP contribution in [-0.4, -0.2) is 96.7 Å². The zero-order valence-corrected chi connectivity index (χ0v) is 62.9. The van der Waals surface area contributed by atoms with E-state index in [1.807, 2.05) is 0 Å². The second-order valence-corrected chi connectivity index (χ2v) is 30.4. The molecule has 0 amide bonds. The number of aliphatic hydroxyl groups excluding tert-OH is 1. The van der Waals surface area contributed by atoms with E-state index in [1.54, 1.807) is 0 Å². The highest BCUT2D eigenvalue weighted by Gasteiger charge is 2.30. The summed E-state index contributed by atoms with van der Waals surface area (Å²) in [5.74, 6) is -1.32. The Morgan fingerprint density at radius 2 is 0.489 bits per heavy atom. The second-order valence-electron chi connectivity index (χ2n) is 27.5. The van der Waals surface area contributed by atoms with E-state index in [0.29, 0.717) is 25.7 Å². The number of hydrogen-bond donors (Lipinski definition) is 3. The Bertz CT molecular complexity index is 1810. The summed E-state index contributed by atoms with van der Waals surface area (Å²) in [5.41, 5.74) is 0. The zero-order valence-electron chi connectivity index (χ0n) is 61.1. The van der Waals surface area contributed by atoms with E-state index in [9.17, 15) is 43.2 Å². The third-order valence-electron chi connectivity index (χ3n) is 17.5. The lowest BCUT2D eigenvalue weighted by Gasteiger charge is -2.21. The summed E-state index contributed by atoms with van der Waals surface area (Å²) in [6, 6.07) is 0. The summed E-state index contributed by atoms with van der Waals surface area (Å²) in [4.78, 5) is 72.6. The van der Waals surface area contributed by atoms with Crippen LogP contribution >= 0.6 is 15.6 Å². The normalized spacial score (nSPS) is 14.0. The van der Waals surface area contributed by atoms with Crippen LogP contribution in [0.4, 0.5) is 0 Å². The van der Waals surface area contributed by atoms with Crippen LogP contribution < -0.4 is 0 Å². The first-order chi connectivity index (χ1) is 45.5. The van der Waals surface area contributed by atoms with Crippen LogP contribution in [0.25, 0.3) is 0 Å². The standard InChI is InChI=1S/C75H146O17P2/c1-6-9-12-15-18-20-22-23-24-25-26-27-28-29-34-37-41-46-51-56-61-75(80)92-71(65-86-73(78)59-54-49-44-40-36-33-31-30-32-35-38-43-47-52-57-68(4)5)67-90-94(83,84)88-63-69(76)62-87-93(81,82)89-66-70(64-85-72(77)58-53-48-42-17-14-11-8-3)91-74(79)60-55-50-45-39-21-19-16-13-10-7-2/h68-71,76H,6-67H2,1-5H3,(H,81,82)(H,83,84)/t69-,70+,71+/m0/s1. The summed E-state index contributed by atoms with van der Waals surface area (Å²) in [6.45, 7) is 7.26. The van der Waals surface area contributed by atoms with Gasteiger partial charge in [0.05, 0.1) is 26.4 Å². The van der Waals surface area contributed by atoms with E-state index in [4.69, 9.17) is 37.0 Å². The number of rotatable bonds is 75. The molecule has 0 bridgehead atoms. The molecule has 94 heavy (non-hydrogen) atoms. The van der Waals surface area contributed by atoms with Gasteiger partial charge in [-0.05, 0) is 31.6 Å². The number of ether oxygens (including phenoxy) is 4. The average molecular weight is 1380 g/mol. The van der Waals surface area contributed by atoms with Gasteiger partial charge in [-0.25, -0.2) is 9.13 Å². The highest BCUT2D eigenvalue weighted by atomic mass is 31.2. The Labute approximate surface area is 575 Å². The smallest absolute Gasteiger partial charge is 0.462 e. The molecule has 3 N–H and O–H groups in total. The van der Waals surface area contributed by atoms with Gasteiger partial charge in [0, 0.05) is 25.7 Å². The number of unbranched alkanes of at least 4 members (excludes halogenated alkanes) is 47. The molecular formula is C75H146O17P2. The monoisotopic (exact) mass is 1380 g/mol. The molecular weight excluding hydrogens is 1230 g/mol. The first-order valence-corrected chi connectivity index (χ1v) is 42.1. The number of phosphoric acid groups is 2. The van der Waals surface area contributed by atoms with Gasteiger partial charge in [-0.2, -0.15) is 0 Å². The number of hydrogen-bond acceptors (Lipinski definition) is 15. The lowest BCUT2D eigenvalue weighted by atomic mass is 10.0. The highest BCUT2D eigenvalue weighted by Crippen LogP contribution is 2.45. The first kappa shape index (κ1) is 92.1. The molecule has 5 atom stereocenters.